The van der Waals surface area contributed by atoms with Crippen LogP contribution >= 0.6 is 11.6 Å². The monoisotopic (exact) mass is 267 g/mol. The van der Waals surface area contributed by atoms with E-state index in [1.807, 2.05) is 19.9 Å². The van der Waals surface area contributed by atoms with Gasteiger partial charge in [-0.25, -0.2) is 4.98 Å². The Morgan fingerprint density at radius 2 is 2.33 bits per heavy atom. The fraction of sp³-hybridized carbons (Fsp3) is 0.417. The Hall–Kier alpha value is -1.80. The highest BCUT2D eigenvalue weighted by atomic mass is 35.5. The molecule has 0 saturated heterocycles. The molecule has 0 unspecified atom stereocenters. The highest BCUT2D eigenvalue weighted by molar-refractivity contribution is 6.34. The molecule has 0 aromatic carbocycles. The zero-order chi connectivity index (χ0) is 13.8. The lowest BCUT2D eigenvalue weighted by Crippen LogP contribution is -2.32. The second-order valence-corrected chi connectivity index (χ2v) is 4.91. The van der Waals surface area contributed by atoms with Crippen molar-refractivity contribution in [2.24, 2.45) is 0 Å². The summed E-state index contributed by atoms with van der Waals surface area (Å²) in [5, 5.41) is 20.8. The number of hydrogen-bond donors (Lipinski definition) is 2. The second-order valence-electron chi connectivity index (χ2n) is 4.54. The second kappa shape index (κ2) is 5.69. The molecule has 6 heteroatoms. The quantitative estimate of drug-likeness (QED) is 0.856. The van der Waals surface area contributed by atoms with Gasteiger partial charge in [0.05, 0.1) is 5.56 Å². The molecule has 0 amide bonds. The highest BCUT2D eigenvalue weighted by Gasteiger charge is 2.21. The van der Waals surface area contributed by atoms with Crippen molar-refractivity contribution in [2.75, 3.05) is 5.32 Å². The molecule has 0 atom stereocenters. The molecule has 0 aliphatic heterocycles. The number of hydrogen-bond acceptors (Lipinski definition) is 4. The van der Waals surface area contributed by atoms with Gasteiger partial charge in [0, 0.05) is 18.2 Å². The van der Waals surface area contributed by atoms with Crippen LogP contribution in [0.5, 0.6) is 0 Å². The van der Waals surface area contributed by atoms with Crippen LogP contribution in [0.2, 0.25) is 5.02 Å². The van der Waals surface area contributed by atoms with Gasteiger partial charge in [0.15, 0.2) is 0 Å². The van der Waals surface area contributed by atoms with Crippen molar-refractivity contribution in [1.82, 2.24) is 4.98 Å². The van der Waals surface area contributed by atoms with Crippen LogP contribution in [0.25, 0.3) is 0 Å². The molecular formula is C12H14ClN3O2. The van der Waals surface area contributed by atoms with Gasteiger partial charge in [0.2, 0.25) is 0 Å². The van der Waals surface area contributed by atoms with Crippen LogP contribution in [0.4, 0.5) is 5.82 Å². The number of nitriles is 1. The minimum absolute atomic E-state index is 0.0512. The molecule has 0 bridgehead atoms. The lowest BCUT2D eigenvalue weighted by molar-refractivity contribution is -0.137. The van der Waals surface area contributed by atoms with Gasteiger partial charge in [0.25, 0.3) is 0 Å². The van der Waals surface area contributed by atoms with E-state index in [0.29, 0.717) is 17.8 Å². The van der Waals surface area contributed by atoms with Crippen molar-refractivity contribution in [3.8, 4) is 6.07 Å². The number of pyridine rings is 1. The van der Waals surface area contributed by atoms with E-state index in [4.69, 9.17) is 22.0 Å². The van der Waals surface area contributed by atoms with Crippen LogP contribution in [0.15, 0.2) is 12.3 Å². The van der Waals surface area contributed by atoms with E-state index >= 15 is 0 Å². The summed E-state index contributed by atoms with van der Waals surface area (Å²) >= 11 is 6.01. The van der Waals surface area contributed by atoms with Gasteiger partial charge in [-0.3, -0.25) is 4.79 Å². The number of rotatable bonds is 5. The Morgan fingerprint density at radius 1 is 1.67 bits per heavy atom. The fourth-order valence-electron chi connectivity index (χ4n) is 1.42. The first kappa shape index (κ1) is 14.3. The number of aliphatic carboxylic acids is 1. The molecule has 5 nitrogen and oxygen atoms in total. The SMILES string of the molecule is CC(C)(CCC(=O)O)Nc1nccc(C#N)c1Cl. The summed E-state index contributed by atoms with van der Waals surface area (Å²) in [4.78, 5) is 14.6. The molecule has 1 heterocycles. The van der Waals surface area contributed by atoms with E-state index in [1.165, 1.54) is 12.3 Å². The van der Waals surface area contributed by atoms with E-state index < -0.39 is 11.5 Å². The summed E-state index contributed by atoms with van der Waals surface area (Å²) in [7, 11) is 0. The Kier molecular flexibility index (Phi) is 4.51. The Morgan fingerprint density at radius 3 is 2.89 bits per heavy atom. The number of carboxylic acid groups (broad SMARTS) is 1. The number of carboxylic acids is 1. The molecule has 18 heavy (non-hydrogen) atoms. The van der Waals surface area contributed by atoms with Crippen molar-refractivity contribution < 1.29 is 9.90 Å². The van der Waals surface area contributed by atoms with Crippen molar-refractivity contribution in [3.63, 3.8) is 0 Å². The molecule has 0 spiro atoms. The minimum atomic E-state index is -0.852. The number of nitrogens with one attached hydrogen (secondary N) is 1. The van der Waals surface area contributed by atoms with Crippen molar-refractivity contribution in [2.45, 2.75) is 32.2 Å². The van der Waals surface area contributed by atoms with Crippen LogP contribution in [0, 0.1) is 11.3 Å². The summed E-state index contributed by atoms with van der Waals surface area (Å²) in [6.07, 6.45) is 1.97. The third-order valence-electron chi connectivity index (χ3n) is 2.43. The van der Waals surface area contributed by atoms with Gasteiger partial charge < -0.3 is 10.4 Å². The normalized spacial score (nSPS) is 10.8. The molecule has 0 aliphatic carbocycles. The average Bonchev–Trinajstić information content (AvgIpc) is 2.29. The molecule has 0 fully saturated rings. The number of halogens is 1. The molecule has 0 radical (unpaired) electrons. The van der Waals surface area contributed by atoms with E-state index in [9.17, 15) is 4.79 Å². The number of nitrogens with zero attached hydrogens (tertiary/aromatic N) is 2. The molecular weight excluding hydrogens is 254 g/mol. The molecule has 1 rings (SSSR count). The zero-order valence-corrected chi connectivity index (χ0v) is 11.0. The lowest BCUT2D eigenvalue weighted by Gasteiger charge is -2.26. The minimum Gasteiger partial charge on any atom is -0.481 e. The molecule has 0 aliphatic rings. The maximum Gasteiger partial charge on any atom is 0.303 e. The third kappa shape index (κ3) is 3.90. The summed E-state index contributed by atoms with van der Waals surface area (Å²) in [6.45, 7) is 3.71. The first-order chi connectivity index (χ1) is 8.35. The van der Waals surface area contributed by atoms with Crippen molar-refractivity contribution >= 4 is 23.4 Å². The average molecular weight is 268 g/mol. The van der Waals surface area contributed by atoms with Crippen LogP contribution in [-0.4, -0.2) is 21.6 Å². The maximum absolute atomic E-state index is 10.6. The van der Waals surface area contributed by atoms with Gasteiger partial charge in [-0.2, -0.15) is 5.26 Å². The highest BCUT2D eigenvalue weighted by Crippen LogP contribution is 2.27. The van der Waals surface area contributed by atoms with E-state index in [1.54, 1.807) is 0 Å². The molecule has 0 saturated carbocycles. The van der Waals surface area contributed by atoms with Crippen molar-refractivity contribution in [1.29, 1.82) is 5.26 Å². The topological polar surface area (TPSA) is 86.0 Å². The number of anilines is 1. The molecule has 1 aromatic heterocycles. The van der Waals surface area contributed by atoms with Gasteiger partial charge >= 0.3 is 5.97 Å². The van der Waals surface area contributed by atoms with E-state index in [-0.39, 0.29) is 11.4 Å². The summed E-state index contributed by atoms with van der Waals surface area (Å²) in [5.41, 5.74) is -0.133. The Labute approximate surface area is 110 Å². The zero-order valence-electron chi connectivity index (χ0n) is 10.2. The van der Waals surface area contributed by atoms with Crippen molar-refractivity contribution in [3.05, 3.63) is 22.8 Å². The third-order valence-corrected chi connectivity index (χ3v) is 2.81. The van der Waals surface area contributed by atoms with Gasteiger partial charge in [0.1, 0.15) is 16.9 Å². The van der Waals surface area contributed by atoms with Gasteiger partial charge in [-0.1, -0.05) is 11.6 Å². The molecule has 2 N–H and O–H groups in total. The largest absolute Gasteiger partial charge is 0.481 e. The molecule has 96 valence electrons. The smallest absolute Gasteiger partial charge is 0.303 e. The van der Waals surface area contributed by atoms with Crippen LogP contribution in [0.1, 0.15) is 32.3 Å². The summed E-state index contributed by atoms with van der Waals surface area (Å²) < 4.78 is 0. The predicted octanol–water partition coefficient (Wildman–Crippen LogP) is 2.66. The van der Waals surface area contributed by atoms with Crippen LogP contribution in [0.3, 0.4) is 0 Å². The van der Waals surface area contributed by atoms with Crippen LogP contribution < -0.4 is 5.32 Å². The van der Waals surface area contributed by atoms with E-state index in [2.05, 4.69) is 10.3 Å². The summed E-state index contributed by atoms with van der Waals surface area (Å²) in [5.74, 6) is -0.458. The van der Waals surface area contributed by atoms with Crippen LogP contribution in [-0.2, 0) is 4.79 Å². The maximum atomic E-state index is 10.6. The van der Waals surface area contributed by atoms with E-state index in [0.717, 1.165) is 0 Å². The predicted molar refractivity (Wildman–Crippen MR) is 68.5 cm³/mol. The first-order valence-corrected chi connectivity index (χ1v) is 5.78. The fourth-order valence-corrected chi connectivity index (χ4v) is 1.62. The first-order valence-electron chi connectivity index (χ1n) is 5.40. The summed E-state index contributed by atoms with van der Waals surface area (Å²) in [6, 6.07) is 3.49. The van der Waals surface area contributed by atoms with Gasteiger partial charge in [-0.15, -0.1) is 0 Å². The van der Waals surface area contributed by atoms with Gasteiger partial charge in [-0.05, 0) is 26.3 Å². The number of aromatic nitrogens is 1. The molecule has 1 aromatic rings. The lowest BCUT2D eigenvalue weighted by atomic mass is 9.98. The standard InChI is InChI=1S/C12H14ClN3O2/c1-12(2,5-3-9(17)18)16-11-10(13)8(7-14)4-6-15-11/h4,6H,3,5H2,1-2H3,(H,15,16)(H,17,18). The number of carbonyl (C=O) groups is 1. The Bertz CT molecular complexity index is 495. The Balaban J connectivity index is 2.84.